The molecule has 1 aliphatic heterocycles. The largest absolute Gasteiger partial charge is 0.334 e. The van der Waals surface area contributed by atoms with Gasteiger partial charge in [0.2, 0.25) is 5.91 Å². The van der Waals surface area contributed by atoms with E-state index in [-0.39, 0.29) is 11.8 Å². The molecule has 2 heterocycles. The highest BCUT2D eigenvalue weighted by molar-refractivity contribution is 5.96. The molecule has 0 saturated carbocycles. The molecule has 0 aliphatic carbocycles. The molecule has 3 aromatic rings. The molecule has 1 unspecified atom stereocenters. The summed E-state index contributed by atoms with van der Waals surface area (Å²) in [5, 5.41) is 4.13. The molecule has 1 saturated heterocycles. The number of amides is 1. The van der Waals surface area contributed by atoms with Crippen LogP contribution < -0.4 is 4.90 Å². The fraction of sp³-hybridized carbons (Fsp3) is 0.250. The highest BCUT2D eigenvalue weighted by Crippen LogP contribution is 2.32. The van der Waals surface area contributed by atoms with Crippen molar-refractivity contribution >= 4 is 11.6 Å². The summed E-state index contributed by atoms with van der Waals surface area (Å²) in [5.41, 5.74) is 4.11. The summed E-state index contributed by atoms with van der Waals surface area (Å²) in [5.74, 6) is 1.15. The summed E-state index contributed by atoms with van der Waals surface area (Å²) in [4.78, 5) is 18.8. The van der Waals surface area contributed by atoms with Gasteiger partial charge in [0.15, 0.2) is 5.82 Å². The molecule has 5 nitrogen and oxygen atoms in total. The molecule has 4 rings (SSSR count). The second kappa shape index (κ2) is 6.16. The Labute approximate surface area is 146 Å². The second-order valence-corrected chi connectivity index (χ2v) is 6.51. The zero-order valence-corrected chi connectivity index (χ0v) is 14.3. The smallest absolute Gasteiger partial charge is 0.258 e. The van der Waals surface area contributed by atoms with E-state index in [2.05, 4.69) is 10.1 Å². The third kappa shape index (κ3) is 2.93. The zero-order valence-electron chi connectivity index (χ0n) is 14.3. The summed E-state index contributed by atoms with van der Waals surface area (Å²) in [6.07, 6.45) is 0.403. The minimum absolute atomic E-state index is 0.0460. The molecule has 1 fully saturated rings. The van der Waals surface area contributed by atoms with E-state index in [1.807, 2.05) is 62.4 Å². The number of nitrogens with zero attached hydrogens (tertiary/aromatic N) is 3. The first kappa shape index (κ1) is 15.6. The normalized spacial score (nSPS) is 17.3. The standard InChI is InChI=1S/C20H19N3O2/c1-13-7-9-16(10-8-13)23-12-15(11-18(23)24)19-21-20(25-22-19)17-6-4-3-5-14(17)2/h3-10,15H,11-12H2,1-2H3. The van der Waals surface area contributed by atoms with Crippen molar-refractivity contribution in [2.24, 2.45) is 0 Å². The number of carbonyl (C=O) groups is 1. The Morgan fingerprint density at radius 3 is 2.60 bits per heavy atom. The van der Waals surface area contributed by atoms with Crippen molar-refractivity contribution in [1.82, 2.24) is 10.1 Å². The van der Waals surface area contributed by atoms with Crippen LogP contribution in [0.5, 0.6) is 0 Å². The molecular weight excluding hydrogens is 314 g/mol. The Morgan fingerprint density at radius 1 is 1.08 bits per heavy atom. The van der Waals surface area contributed by atoms with Crippen molar-refractivity contribution in [3.63, 3.8) is 0 Å². The Kier molecular flexibility index (Phi) is 3.84. The van der Waals surface area contributed by atoms with Crippen LogP contribution in [0.3, 0.4) is 0 Å². The maximum absolute atomic E-state index is 12.4. The summed E-state index contributed by atoms with van der Waals surface area (Å²) in [7, 11) is 0. The van der Waals surface area contributed by atoms with E-state index >= 15 is 0 Å². The van der Waals surface area contributed by atoms with Gasteiger partial charge in [0.25, 0.3) is 5.89 Å². The van der Waals surface area contributed by atoms with Gasteiger partial charge in [-0.25, -0.2) is 0 Å². The number of anilines is 1. The zero-order chi connectivity index (χ0) is 17.4. The van der Waals surface area contributed by atoms with Crippen LogP contribution in [0, 0.1) is 13.8 Å². The lowest BCUT2D eigenvalue weighted by atomic mass is 10.1. The molecule has 126 valence electrons. The summed E-state index contributed by atoms with van der Waals surface area (Å²) >= 11 is 0. The number of aromatic nitrogens is 2. The molecule has 1 amide bonds. The molecule has 0 bridgehead atoms. The molecule has 1 aliphatic rings. The maximum atomic E-state index is 12.4. The summed E-state index contributed by atoms with van der Waals surface area (Å²) < 4.78 is 5.44. The van der Waals surface area contributed by atoms with Gasteiger partial charge in [-0.2, -0.15) is 4.98 Å². The van der Waals surface area contributed by atoms with E-state index in [0.717, 1.165) is 16.8 Å². The Balaban J connectivity index is 1.57. The molecule has 1 aromatic heterocycles. The van der Waals surface area contributed by atoms with Crippen LogP contribution in [-0.4, -0.2) is 22.6 Å². The SMILES string of the molecule is Cc1ccc(N2CC(c3noc(-c4ccccc4C)n3)CC2=O)cc1. The van der Waals surface area contributed by atoms with Crippen LogP contribution in [0.1, 0.15) is 29.3 Å². The fourth-order valence-electron chi connectivity index (χ4n) is 3.18. The highest BCUT2D eigenvalue weighted by Gasteiger charge is 2.34. The summed E-state index contributed by atoms with van der Waals surface area (Å²) in [6, 6.07) is 15.9. The van der Waals surface area contributed by atoms with Gasteiger partial charge in [0.1, 0.15) is 0 Å². The van der Waals surface area contributed by atoms with E-state index in [9.17, 15) is 4.79 Å². The van der Waals surface area contributed by atoms with Crippen molar-refractivity contribution in [1.29, 1.82) is 0 Å². The molecule has 2 aromatic carbocycles. The van der Waals surface area contributed by atoms with Crippen LogP contribution in [0.2, 0.25) is 0 Å². The van der Waals surface area contributed by atoms with Crippen molar-refractivity contribution in [3.05, 3.63) is 65.5 Å². The third-order valence-corrected chi connectivity index (χ3v) is 4.65. The molecule has 0 spiro atoms. The van der Waals surface area contributed by atoms with Crippen LogP contribution in [-0.2, 0) is 4.79 Å². The van der Waals surface area contributed by atoms with Gasteiger partial charge in [-0.1, -0.05) is 41.1 Å². The first-order valence-electron chi connectivity index (χ1n) is 8.38. The van der Waals surface area contributed by atoms with Crippen LogP contribution in [0.25, 0.3) is 11.5 Å². The van der Waals surface area contributed by atoms with Crippen molar-refractivity contribution in [2.75, 3.05) is 11.4 Å². The number of carbonyl (C=O) groups excluding carboxylic acids is 1. The predicted molar refractivity (Wildman–Crippen MR) is 95.4 cm³/mol. The fourth-order valence-corrected chi connectivity index (χ4v) is 3.18. The third-order valence-electron chi connectivity index (χ3n) is 4.65. The van der Waals surface area contributed by atoms with E-state index in [1.54, 1.807) is 4.90 Å². The van der Waals surface area contributed by atoms with Crippen LogP contribution >= 0.6 is 0 Å². The quantitative estimate of drug-likeness (QED) is 0.730. The lowest BCUT2D eigenvalue weighted by Crippen LogP contribution is -2.24. The van der Waals surface area contributed by atoms with Crippen molar-refractivity contribution < 1.29 is 9.32 Å². The summed E-state index contributed by atoms with van der Waals surface area (Å²) in [6.45, 7) is 4.62. The molecule has 0 radical (unpaired) electrons. The minimum Gasteiger partial charge on any atom is -0.334 e. The Bertz CT molecular complexity index is 915. The molecular formula is C20H19N3O2. The predicted octanol–water partition coefficient (Wildman–Crippen LogP) is 3.87. The number of aryl methyl sites for hydroxylation is 2. The topological polar surface area (TPSA) is 59.2 Å². The van der Waals surface area contributed by atoms with Crippen LogP contribution in [0.15, 0.2) is 53.1 Å². The number of benzene rings is 2. The average molecular weight is 333 g/mol. The second-order valence-electron chi connectivity index (χ2n) is 6.51. The number of hydrogen-bond acceptors (Lipinski definition) is 4. The maximum Gasteiger partial charge on any atom is 0.258 e. The average Bonchev–Trinajstić information content (AvgIpc) is 3.23. The lowest BCUT2D eigenvalue weighted by molar-refractivity contribution is -0.117. The van der Waals surface area contributed by atoms with Crippen molar-refractivity contribution in [2.45, 2.75) is 26.2 Å². The van der Waals surface area contributed by atoms with Gasteiger partial charge in [-0.15, -0.1) is 0 Å². The van der Waals surface area contributed by atoms with E-state index in [4.69, 9.17) is 4.52 Å². The molecule has 0 N–H and O–H groups in total. The first-order valence-corrected chi connectivity index (χ1v) is 8.38. The van der Waals surface area contributed by atoms with Gasteiger partial charge in [-0.05, 0) is 37.6 Å². The minimum atomic E-state index is -0.0460. The Hall–Kier alpha value is -2.95. The van der Waals surface area contributed by atoms with Crippen LogP contribution in [0.4, 0.5) is 5.69 Å². The number of rotatable bonds is 3. The molecule has 1 atom stereocenters. The van der Waals surface area contributed by atoms with E-state index < -0.39 is 0 Å². The van der Waals surface area contributed by atoms with Gasteiger partial charge in [0, 0.05) is 30.1 Å². The Morgan fingerprint density at radius 2 is 1.84 bits per heavy atom. The van der Waals surface area contributed by atoms with Crippen molar-refractivity contribution in [3.8, 4) is 11.5 Å². The van der Waals surface area contributed by atoms with E-state index in [1.165, 1.54) is 5.56 Å². The highest BCUT2D eigenvalue weighted by atomic mass is 16.5. The molecule has 25 heavy (non-hydrogen) atoms. The van der Waals surface area contributed by atoms with Gasteiger partial charge >= 0.3 is 0 Å². The number of hydrogen-bond donors (Lipinski definition) is 0. The van der Waals surface area contributed by atoms with Gasteiger partial charge in [-0.3, -0.25) is 4.79 Å². The van der Waals surface area contributed by atoms with E-state index in [0.29, 0.717) is 24.7 Å². The monoisotopic (exact) mass is 333 g/mol. The van der Waals surface area contributed by atoms with Gasteiger partial charge in [0.05, 0.1) is 0 Å². The van der Waals surface area contributed by atoms with Gasteiger partial charge < -0.3 is 9.42 Å². The molecule has 5 heteroatoms. The first-order chi connectivity index (χ1) is 12.1. The lowest BCUT2D eigenvalue weighted by Gasteiger charge is -2.16.